The van der Waals surface area contributed by atoms with Crippen LogP contribution in [0.5, 0.6) is 0 Å². The molecule has 0 bridgehead atoms. The number of rotatable bonds is 10. The van der Waals surface area contributed by atoms with E-state index >= 15 is 0 Å². The zero-order valence-corrected chi connectivity index (χ0v) is 20.8. The molecule has 5 heteroatoms. The van der Waals surface area contributed by atoms with Gasteiger partial charge in [0.15, 0.2) is 0 Å². The molecule has 0 aromatic heterocycles. The quantitative estimate of drug-likeness (QED) is 0.360. The maximum Gasteiger partial charge on any atom is 0.303 e. The maximum absolute atomic E-state index is 11.3. The van der Waals surface area contributed by atoms with E-state index in [9.17, 15) is 15.0 Å². The van der Waals surface area contributed by atoms with Gasteiger partial charge in [-0.2, -0.15) is 0 Å². The van der Waals surface area contributed by atoms with Crippen molar-refractivity contribution < 1.29 is 20.1 Å². The number of carboxylic acid groups (broad SMARTS) is 1. The zero-order valence-electron chi connectivity index (χ0n) is 20.0. The van der Waals surface area contributed by atoms with Crippen LogP contribution in [0, 0.1) is 11.3 Å². The molecule has 0 heterocycles. The maximum atomic E-state index is 11.3. The molecule has 184 valence electrons. The fourth-order valence-corrected chi connectivity index (χ4v) is 6.73. The Hall–Kier alpha value is -1.88. The molecule has 4 rings (SSSR count). The predicted molar refractivity (Wildman–Crippen MR) is 135 cm³/mol. The number of carboxylic acids is 1. The minimum atomic E-state index is -0.796. The van der Waals surface area contributed by atoms with Gasteiger partial charge in [-0.25, -0.2) is 0 Å². The number of benzene rings is 2. The average molecular weight is 485 g/mol. The van der Waals surface area contributed by atoms with E-state index in [1.165, 1.54) is 6.42 Å². The highest BCUT2D eigenvalue weighted by molar-refractivity contribution is 6.21. The van der Waals surface area contributed by atoms with Crippen LogP contribution < -0.4 is 0 Å². The predicted octanol–water partition coefficient (Wildman–Crippen LogP) is 6.02. The largest absolute Gasteiger partial charge is 0.481 e. The van der Waals surface area contributed by atoms with E-state index < -0.39 is 18.2 Å². The van der Waals surface area contributed by atoms with Gasteiger partial charge in [-0.1, -0.05) is 68.3 Å². The number of aliphatic carboxylic acids is 1. The van der Waals surface area contributed by atoms with Gasteiger partial charge < -0.3 is 15.3 Å². The lowest BCUT2D eigenvalue weighted by Crippen LogP contribution is -2.36. The summed E-state index contributed by atoms with van der Waals surface area (Å²) in [5.74, 6) is -0.831. The molecule has 2 saturated carbocycles. The van der Waals surface area contributed by atoms with Gasteiger partial charge >= 0.3 is 5.97 Å². The van der Waals surface area contributed by atoms with E-state index in [1.54, 1.807) is 0 Å². The van der Waals surface area contributed by atoms with Crippen LogP contribution in [0.15, 0.2) is 48.5 Å². The lowest BCUT2D eigenvalue weighted by Gasteiger charge is -2.46. The van der Waals surface area contributed by atoms with Gasteiger partial charge in [0.2, 0.25) is 0 Å². The van der Waals surface area contributed by atoms with E-state index in [0.717, 1.165) is 54.4 Å². The number of hydrogen-bond acceptors (Lipinski definition) is 3. The average Bonchev–Trinajstić information content (AvgIpc) is 3.07. The summed E-state index contributed by atoms with van der Waals surface area (Å²) in [6.45, 7) is 2.18. The molecule has 1 unspecified atom stereocenters. The minimum Gasteiger partial charge on any atom is -0.481 e. The lowest BCUT2D eigenvalue weighted by molar-refractivity contribution is -0.136. The van der Waals surface area contributed by atoms with Crippen LogP contribution in [-0.2, 0) is 17.6 Å². The van der Waals surface area contributed by atoms with Crippen molar-refractivity contribution in [2.75, 3.05) is 0 Å². The third-order valence-electron chi connectivity index (χ3n) is 8.19. The molecule has 2 fully saturated rings. The van der Waals surface area contributed by atoms with Gasteiger partial charge in [0.25, 0.3) is 0 Å². The van der Waals surface area contributed by atoms with E-state index in [-0.39, 0.29) is 29.0 Å². The normalized spacial score (nSPS) is 26.7. The monoisotopic (exact) mass is 484 g/mol. The van der Waals surface area contributed by atoms with E-state index in [4.69, 9.17) is 16.7 Å². The van der Waals surface area contributed by atoms with Crippen LogP contribution >= 0.6 is 11.6 Å². The third kappa shape index (κ3) is 5.35. The molecule has 2 aromatic rings. The third-order valence-corrected chi connectivity index (χ3v) is 8.69. The molecule has 0 aliphatic heterocycles. The minimum absolute atomic E-state index is 0.00746. The van der Waals surface area contributed by atoms with Crippen molar-refractivity contribution in [3.8, 4) is 0 Å². The summed E-state index contributed by atoms with van der Waals surface area (Å²) in [4.78, 5) is 10.9. The van der Waals surface area contributed by atoms with Gasteiger partial charge in [0, 0.05) is 23.1 Å². The standard InChI is InChI=1S/C29H37ClO4/c1-2-12-29(13-5-14-29)28(34)22-9-4-8-21(17-22)27-23(24(30)18-25(27)31)16-20-7-3-6-19(15-20)10-11-26(32)33/h3-4,6-9,15,17,23-25,27-28,31,34H,2,5,10-14,16,18H2,1H3,(H,32,33)/t23-,24-,25+,27+,28?/m0/s1. The number of alkyl halides is 1. The second-order valence-electron chi connectivity index (χ2n) is 10.5. The van der Waals surface area contributed by atoms with Crippen molar-refractivity contribution in [3.63, 3.8) is 0 Å². The molecule has 0 amide bonds. The molecule has 4 nitrogen and oxygen atoms in total. The number of halogens is 1. The highest BCUT2D eigenvalue weighted by Crippen LogP contribution is 2.54. The number of hydrogen-bond donors (Lipinski definition) is 3. The van der Waals surface area contributed by atoms with Crippen LogP contribution in [-0.4, -0.2) is 32.8 Å². The van der Waals surface area contributed by atoms with Gasteiger partial charge in [-0.3, -0.25) is 4.79 Å². The van der Waals surface area contributed by atoms with Gasteiger partial charge in [-0.05, 0) is 66.7 Å². The zero-order chi connectivity index (χ0) is 24.3. The number of carbonyl (C=O) groups is 1. The molecule has 2 aliphatic rings. The molecule has 2 aliphatic carbocycles. The fraction of sp³-hybridized carbons (Fsp3) is 0.552. The first kappa shape index (κ1) is 25.2. The molecule has 34 heavy (non-hydrogen) atoms. The fourth-order valence-electron chi connectivity index (χ4n) is 6.30. The lowest BCUT2D eigenvalue weighted by atomic mass is 9.61. The van der Waals surface area contributed by atoms with Crippen molar-refractivity contribution >= 4 is 17.6 Å². The SMILES string of the molecule is CCCC1(C(O)c2cccc([C@@H]3[C@@H](Cc4cccc(CCC(=O)O)c4)[C@@H](Cl)C[C@H]3O)c2)CCC1. The Kier molecular flexibility index (Phi) is 8.01. The molecular formula is C29H37ClO4. The molecule has 5 atom stereocenters. The van der Waals surface area contributed by atoms with E-state index in [0.29, 0.717) is 12.8 Å². The van der Waals surface area contributed by atoms with Crippen molar-refractivity contribution in [2.45, 2.75) is 88.2 Å². The topological polar surface area (TPSA) is 77.8 Å². The number of aliphatic hydroxyl groups excluding tert-OH is 2. The molecule has 2 aromatic carbocycles. The molecule has 3 N–H and O–H groups in total. The first-order valence-electron chi connectivity index (χ1n) is 12.7. The van der Waals surface area contributed by atoms with Crippen LogP contribution in [0.1, 0.15) is 86.1 Å². The van der Waals surface area contributed by atoms with Gasteiger partial charge in [0.05, 0.1) is 12.2 Å². The van der Waals surface area contributed by atoms with Crippen molar-refractivity contribution in [1.29, 1.82) is 0 Å². The van der Waals surface area contributed by atoms with Crippen LogP contribution in [0.2, 0.25) is 0 Å². The Morgan fingerprint density at radius 3 is 2.56 bits per heavy atom. The Morgan fingerprint density at radius 1 is 1.15 bits per heavy atom. The van der Waals surface area contributed by atoms with E-state index in [1.807, 2.05) is 24.3 Å². The summed E-state index contributed by atoms with van der Waals surface area (Å²) in [5, 5.41) is 31.1. The first-order valence-corrected chi connectivity index (χ1v) is 13.2. The Balaban J connectivity index is 1.55. The van der Waals surface area contributed by atoms with E-state index in [2.05, 4.69) is 31.2 Å². The second-order valence-corrected chi connectivity index (χ2v) is 11.0. The summed E-state index contributed by atoms with van der Waals surface area (Å²) in [7, 11) is 0. The Morgan fingerprint density at radius 2 is 1.88 bits per heavy atom. The second kappa shape index (κ2) is 10.8. The summed E-state index contributed by atoms with van der Waals surface area (Å²) in [5.41, 5.74) is 4.11. The van der Waals surface area contributed by atoms with Gasteiger partial charge in [-0.15, -0.1) is 11.6 Å². The Labute approximate surface area is 208 Å². The van der Waals surface area contributed by atoms with Crippen molar-refractivity contribution in [1.82, 2.24) is 0 Å². The summed E-state index contributed by atoms with van der Waals surface area (Å²) in [6.07, 6.45) is 6.31. The summed E-state index contributed by atoms with van der Waals surface area (Å²) in [6, 6.07) is 16.2. The summed E-state index contributed by atoms with van der Waals surface area (Å²) >= 11 is 6.77. The molecular weight excluding hydrogens is 448 g/mol. The van der Waals surface area contributed by atoms with Crippen molar-refractivity contribution in [3.05, 3.63) is 70.8 Å². The highest BCUT2D eigenvalue weighted by atomic mass is 35.5. The van der Waals surface area contributed by atoms with Gasteiger partial charge in [0.1, 0.15) is 0 Å². The Bertz CT molecular complexity index is 986. The first-order chi connectivity index (χ1) is 16.3. The number of aliphatic hydroxyl groups is 2. The molecule has 0 saturated heterocycles. The summed E-state index contributed by atoms with van der Waals surface area (Å²) < 4.78 is 0. The smallest absolute Gasteiger partial charge is 0.303 e. The highest BCUT2D eigenvalue weighted by Gasteiger charge is 2.45. The molecule has 0 spiro atoms. The molecule has 0 radical (unpaired) electrons. The van der Waals surface area contributed by atoms with Crippen LogP contribution in [0.3, 0.4) is 0 Å². The van der Waals surface area contributed by atoms with Crippen LogP contribution in [0.4, 0.5) is 0 Å². The van der Waals surface area contributed by atoms with Crippen LogP contribution in [0.25, 0.3) is 0 Å². The van der Waals surface area contributed by atoms with Crippen molar-refractivity contribution in [2.24, 2.45) is 11.3 Å². The number of aryl methyl sites for hydroxylation is 1.